The van der Waals surface area contributed by atoms with Crippen LogP contribution in [0.3, 0.4) is 0 Å². The lowest BCUT2D eigenvalue weighted by molar-refractivity contribution is -0.0134. The molecule has 10 heteroatoms. The van der Waals surface area contributed by atoms with Crippen LogP contribution in [0.2, 0.25) is 5.02 Å². The molecule has 2 N–H and O–H groups in total. The molecule has 2 aromatic heterocycles. The van der Waals surface area contributed by atoms with Crippen LogP contribution in [0.25, 0.3) is 5.69 Å². The summed E-state index contributed by atoms with van der Waals surface area (Å²) in [5, 5.41) is 11.5. The molecule has 2 bridgehead atoms. The van der Waals surface area contributed by atoms with Crippen molar-refractivity contribution in [3.63, 3.8) is 0 Å². The molecule has 2 aliphatic heterocycles. The summed E-state index contributed by atoms with van der Waals surface area (Å²) in [4.78, 5) is 12.7. The molecule has 1 aromatic carbocycles. The Hall–Kier alpha value is -2.75. The summed E-state index contributed by atoms with van der Waals surface area (Å²) >= 11 is 6.48. The van der Waals surface area contributed by atoms with Crippen molar-refractivity contribution in [1.29, 1.82) is 0 Å². The van der Waals surface area contributed by atoms with Gasteiger partial charge in [0.1, 0.15) is 30.9 Å². The number of ether oxygens (including phenoxy) is 2. The second-order valence-electron chi connectivity index (χ2n) is 7.59. The Bertz CT molecular complexity index is 1020. The molecule has 5 rings (SSSR count). The molecule has 9 nitrogen and oxygen atoms in total. The third-order valence-electron chi connectivity index (χ3n) is 5.41. The van der Waals surface area contributed by atoms with E-state index < -0.39 is 0 Å². The van der Waals surface area contributed by atoms with Gasteiger partial charge in [-0.05, 0) is 25.1 Å². The van der Waals surface area contributed by atoms with Gasteiger partial charge < -0.3 is 20.1 Å². The highest BCUT2D eigenvalue weighted by atomic mass is 35.5. The van der Waals surface area contributed by atoms with E-state index in [1.807, 2.05) is 25.1 Å². The van der Waals surface area contributed by atoms with Crippen LogP contribution in [0.15, 0.2) is 37.2 Å². The standard InChI is InChI=1S/C20H22ClN7O2/c1-12-19(27-18-3-2-15(6-17(18)21)28-11-22-9-25-28)23-10-24-20(12)30-16-4-13-7-29-8-14(5-16)26-13/h2-3,6,9-11,13-14,16,26H,4-5,7-8H2,1H3,(H,23,24,27). The first kappa shape index (κ1) is 19.2. The Morgan fingerprint density at radius 2 is 2.03 bits per heavy atom. The minimum absolute atomic E-state index is 0.108. The summed E-state index contributed by atoms with van der Waals surface area (Å²) in [6.45, 7) is 3.41. The van der Waals surface area contributed by atoms with Gasteiger partial charge >= 0.3 is 0 Å². The van der Waals surface area contributed by atoms with Crippen molar-refractivity contribution in [1.82, 2.24) is 30.0 Å². The third kappa shape index (κ3) is 3.96. The van der Waals surface area contributed by atoms with E-state index in [4.69, 9.17) is 21.1 Å². The maximum Gasteiger partial charge on any atom is 0.221 e. The van der Waals surface area contributed by atoms with Crippen LogP contribution < -0.4 is 15.4 Å². The molecule has 30 heavy (non-hydrogen) atoms. The summed E-state index contributed by atoms with van der Waals surface area (Å²) in [6.07, 6.45) is 6.52. The number of piperidine rings is 1. The van der Waals surface area contributed by atoms with Gasteiger partial charge in [0.15, 0.2) is 0 Å². The van der Waals surface area contributed by atoms with Crippen molar-refractivity contribution in [2.24, 2.45) is 0 Å². The van der Waals surface area contributed by atoms with Crippen molar-refractivity contribution in [3.8, 4) is 11.6 Å². The number of aromatic nitrogens is 5. The smallest absolute Gasteiger partial charge is 0.221 e. The largest absolute Gasteiger partial charge is 0.474 e. The summed E-state index contributed by atoms with van der Waals surface area (Å²) < 4.78 is 13.5. The number of benzene rings is 1. The zero-order valence-corrected chi connectivity index (χ0v) is 17.2. The van der Waals surface area contributed by atoms with Crippen LogP contribution in [0.4, 0.5) is 11.5 Å². The average molecular weight is 428 g/mol. The molecule has 156 valence electrons. The minimum atomic E-state index is 0.108. The lowest BCUT2D eigenvalue weighted by Gasteiger charge is -2.39. The number of hydrogen-bond acceptors (Lipinski definition) is 8. The zero-order chi connectivity index (χ0) is 20.5. The number of halogens is 1. The normalized spacial score (nSPS) is 23.2. The van der Waals surface area contributed by atoms with Crippen LogP contribution in [0.1, 0.15) is 18.4 Å². The number of nitrogens with one attached hydrogen (secondary N) is 2. The lowest BCUT2D eigenvalue weighted by Crippen LogP contribution is -2.56. The van der Waals surface area contributed by atoms with Gasteiger partial charge in [-0.15, -0.1) is 0 Å². The highest BCUT2D eigenvalue weighted by molar-refractivity contribution is 6.33. The fraction of sp³-hybridized carbons (Fsp3) is 0.400. The maximum absolute atomic E-state index is 6.48. The first-order valence-corrected chi connectivity index (χ1v) is 10.3. The van der Waals surface area contributed by atoms with E-state index in [0.29, 0.717) is 28.8 Å². The number of morpholine rings is 1. The Morgan fingerprint density at radius 3 is 2.77 bits per heavy atom. The third-order valence-corrected chi connectivity index (χ3v) is 5.72. The average Bonchev–Trinajstić information content (AvgIpc) is 3.27. The van der Waals surface area contributed by atoms with Crippen molar-refractivity contribution < 1.29 is 9.47 Å². The number of nitrogens with zero attached hydrogens (tertiary/aromatic N) is 5. The monoisotopic (exact) mass is 427 g/mol. The highest BCUT2D eigenvalue weighted by Crippen LogP contribution is 2.31. The minimum Gasteiger partial charge on any atom is -0.474 e. The Morgan fingerprint density at radius 1 is 1.20 bits per heavy atom. The molecular formula is C20H22ClN7O2. The van der Waals surface area contributed by atoms with Gasteiger partial charge in [-0.25, -0.2) is 19.6 Å². The number of rotatable bonds is 5. The van der Waals surface area contributed by atoms with Gasteiger partial charge in [0, 0.05) is 24.9 Å². The van der Waals surface area contributed by atoms with Crippen molar-refractivity contribution in [2.45, 2.75) is 38.0 Å². The van der Waals surface area contributed by atoms with Gasteiger partial charge in [0.25, 0.3) is 0 Å². The van der Waals surface area contributed by atoms with E-state index in [-0.39, 0.29) is 6.10 Å². The van der Waals surface area contributed by atoms with E-state index in [1.165, 1.54) is 12.7 Å². The molecule has 2 atom stereocenters. The molecule has 3 aromatic rings. The van der Waals surface area contributed by atoms with E-state index in [2.05, 4.69) is 30.7 Å². The quantitative estimate of drug-likeness (QED) is 0.641. The van der Waals surface area contributed by atoms with Crippen LogP contribution in [0, 0.1) is 6.92 Å². The van der Waals surface area contributed by atoms with Gasteiger partial charge in [-0.1, -0.05) is 11.6 Å². The molecule has 2 fully saturated rings. The van der Waals surface area contributed by atoms with E-state index in [9.17, 15) is 0 Å². The number of anilines is 2. The second-order valence-corrected chi connectivity index (χ2v) is 8.00. The maximum atomic E-state index is 6.48. The van der Waals surface area contributed by atoms with Crippen molar-refractivity contribution in [2.75, 3.05) is 18.5 Å². The molecule has 0 radical (unpaired) electrons. The van der Waals surface area contributed by atoms with E-state index in [1.54, 1.807) is 11.0 Å². The van der Waals surface area contributed by atoms with Crippen LogP contribution in [-0.2, 0) is 4.74 Å². The Kier molecular flexibility index (Phi) is 5.24. The summed E-state index contributed by atoms with van der Waals surface area (Å²) in [5.74, 6) is 1.25. The molecule has 0 spiro atoms. The van der Waals surface area contributed by atoms with Gasteiger partial charge in [0.05, 0.1) is 35.2 Å². The molecule has 0 saturated carbocycles. The molecular weight excluding hydrogens is 406 g/mol. The zero-order valence-electron chi connectivity index (χ0n) is 16.5. The summed E-state index contributed by atoms with van der Waals surface area (Å²) in [7, 11) is 0. The molecule has 0 aliphatic carbocycles. The van der Waals surface area contributed by atoms with E-state index >= 15 is 0 Å². The fourth-order valence-corrected chi connectivity index (χ4v) is 4.16. The van der Waals surface area contributed by atoms with Crippen LogP contribution in [0.5, 0.6) is 5.88 Å². The van der Waals surface area contributed by atoms with Crippen LogP contribution in [-0.4, -0.2) is 56.1 Å². The Balaban J connectivity index is 1.32. The van der Waals surface area contributed by atoms with Gasteiger partial charge in [-0.3, -0.25) is 0 Å². The molecule has 2 aliphatic rings. The van der Waals surface area contributed by atoms with Gasteiger partial charge in [-0.2, -0.15) is 5.10 Å². The second kappa shape index (κ2) is 8.17. The topological polar surface area (TPSA) is 99.0 Å². The van der Waals surface area contributed by atoms with Crippen molar-refractivity contribution in [3.05, 3.63) is 47.8 Å². The lowest BCUT2D eigenvalue weighted by atomic mass is 9.95. The first-order valence-electron chi connectivity index (χ1n) is 9.89. The number of hydrogen-bond donors (Lipinski definition) is 2. The van der Waals surface area contributed by atoms with E-state index in [0.717, 1.165) is 43.0 Å². The highest BCUT2D eigenvalue weighted by Gasteiger charge is 2.33. The fourth-order valence-electron chi connectivity index (χ4n) is 3.94. The van der Waals surface area contributed by atoms with Crippen LogP contribution >= 0.6 is 11.6 Å². The number of fused-ring (bicyclic) bond motifs is 2. The summed E-state index contributed by atoms with van der Waals surface area (Å²) in [6, 6.07) is 6.29. The first-order chi connectivity index (χ1) is 14.7. The molecule has 4 heterocycles. The molecule has 0 amide bonds. The Labute approximate surface area is 178 Å². The predicted octanol–water partition coefficient (Wildman–Crippen LogP) is 2.66. The molecule has 2 unspecified atom stereocenters. The van der Waals surface area contributed by atoms with Crippen molar-refractivity contribution >= 4 is 23.1 Å². The molecule has 2 saturated heterocycles. The summed E-state index contributed by atoms with van der Waals surface area (Å²) in [5.41, 5.74) is 2.41. The predicted molar refractivity (Wildman–Crippen MR) is 112 cm³/mol. The SMILES string of the molecule is Cc1c(Nc2ccc(-n3cncn3)cc2Cl)ncnc1OC1CC2COCC(C1)N2. The van der Waals surface area contributed by atoms with Gasteiger partial charge in [0.2, 0.25) is 5.88 Å².